The van der Waals surface area contributed by atoms with Crippen LogP contribution in [0, 0.1) is 0 Å². The molecule has 1 saturated heterocycles. The second-order valence-corrected chi connectivity index (χ2v) is 3.39. The Morgan fingerprint density at radius 3 is 2.75 bits per heavy atom. The van der Waals surface area contributed by atoms with Gasteiger partial charge < -0.3 is 5.11 Å². The maximum Gasteiger partial charge on any atom is 0.253 e. The summed E-state index contributed by atoms with van der Waals surface area (Å²) in [7, 11) is 0. The van der Waals surface area contributed by atoms with Gasteiger partial charge >= 0.3 is 0 Å². The van der Waals surface area contributed by atoms with Gasteiger partial charge in [-0.2, -0.15) is 0 Å². The maximum atomic E-state index is 12.3. The van der Waals surface area contributed by atoms with Gasteiger partial charge in [0.15, 0.2) is 0 Å². The molecule has 0 radical (unpaired) electrons. The third-order valence-electron chi connectivity index (χ3n) is 2.20. The van der Waals surface area contributed by atoms with Crippen molar-refractivity contribution in [1.29, 1.82) is 0 Å². The van der Waals surface area contributed by atoms with E-state index in [1.807, 2.05) is 0 Å². The van der Waals surface area contributed by atoms with E-state index in [9.17, 15) is 8.78 Å². The second kappa shape index (κ2) is 4.14. The number of hydrogen-bond donors (Lipinski definition) is 1. The summed E-state index contributed by atoms with van der Waals surface area (Å²) < 4.78 is 24.6. The predicted molar refractivity (Wildman–Crippen MR) is 42.3 cm³/mol. The standard InChI is InChI=1S/C8H15F2NO/c1-6(12)5-11-4-2-3-7(11)8(9)10/h6-8,12H,2-5H2,1H3/t6?,7-/m1/s1. The highest BCUT2D eigenvalue weighted by molar-refractivity contribution is 4.81. The van der Waals surface area contributed by atoms with Gasteiger partial charge in [0.2, 0.25) is 0 Å². The fraction of sp³-hybridized carbons (Fsp3) is 1.00. The molecule has 0 aromatic rings. The Morgan fingerprint density at radius 1 is 1.58 bits per heavy atom. The molecule has 4 heteroatoms. The van der Waals surface area contributed by atoms with Crippen molar-refractivity contribution in [1.82, 2.24) is 4.90 Å². The van der Waals surface area contributed by atoms with Crippen LogP contribution < -0.4 is 0 Å². The number of rotatable bonds is 3. The van der Waals surface area contributed by atoms with Crippen LogP contribution in [0.2, 0.25) is 0 Å². The summed E-state index contributed by atoms with van der Waals surface area (Å²) in [6, 6.07) is -0.625. The van der Waals surface area contributed by atoms with Gasteiger partial charge in [0.1, 0.15) is 0 Å². The van der Waals surface area contributed by atoms with Gasteiger partial charge in [-0.3, -0.25) is 4.90 Å². The molecule has 0 bridgehead atoms. The number of aliphatic hydroxyl groups is 1. The number of nitrogens with zero attached hydrogens (tertiary/aromatic N) is 1. The van der Waals surface area contributed by atoms with Gasteiger partial charge in [0.25, 0.3) is 6.43 Å². The van der Waals surface area contributed by atoms with E-state index in [-0.39, 0.29) is 0 Å². The molecule has 1 heterocycles. The smallest absolute Gasteiger partial charge is 0.253 e. The zero-order valence-electron chi connectivity index (χ0n) is 7.21. The molecule has 0 aromatic carbocycles. The van der Waals surface area contributed by atoms with Gasteiger partial charge in [0.05, 0.1) is 12.1 Å². The Labute approximate surface area is 71.2 Å². The van der Waals surface area contributed by atoms with Crippen LogP contribution in [-0.4, -0.2) is 41.7 Å². The molecule has 0 amide bonds. The largest absolute Gasteiger partial charge is 0.392 e. The molecular formula is C8H15F2NO. The summed E-state index contributed by atoms with van der Waals surface area (Å²) in [6.45, 7) is 2.69. The van der Waals surface area contributed by atoms with Crippen molar-refractivity contribution in [3.63, 3.8) is 0 Å². The van der Waals surface area contributed by atoms with Crippen LogP contribution in [0.5, 0.6) is 0 Å². The van der Waals surface area contributed by atoms with E-state index in [4.69, 9.17) is 5.11 Å². The molecule has 1 aliphatic heterocycles. The molecule has 0 saturated carbocycles. The van der Waals surface area contributed by atoms with Crippen molar-refractivity contribution in [3.8, 4) is 0 Å². The van der Waals surface area contributed by atoms with Crippen molar-refractivity contribution in [2.75, 3.05) is 13.1 Å². The fourth-order valence-electron chi connectivity index (χ4n) is 1.70. The number of β-amino-alcohol motifs (C(OH)–C–C–N with tert-alkyl or cyclic N) is 1. The maximum absolute atomic E-state index is 12.3. The first-order valence-electron chi connectivity index (χ1n) is 4.31. The molecular weight excluding hydrogens is 164 g/mol. The number of alkyl halides is 2. The molecule has 1 unspecified atom stereocenters. The van der Waals surface area contributed by atoms with E-state index < -0.39 is 18.6 Å². The van der Waals surface area contributed by atoms with Crippen LogP contribution in [-0.2, 0) is 0 Å². The van der Waals surface area contributed by atoms with Gasteiger partial charge in [-0.25, -0.2) is 8.78 Å². The molecule has 0 spiro atoms. The van der Waals surface area contributed by atoms with Crippen LogP contribution in [0.15, 0.2) is 0 Å². The lowest BCUT2D eigenvalue weighted by Gasteiger charge is -2.24. The molecule has 1 rings (SSSR count). The lowest BCUT2D eigenvalue weighted by molar-refractivity contribution is 0.0274. The lowest BCUT2D eigenvalue weighted by Crippen LogP contribution is -2.39. The van der Waals surface area contributed by atoms with Crippen molar-refractivity contribution in [2.45, 2.75) is 38.3 Å². The number of likely N-dealkylation sites (tertiary alicyclic amines) is 1. The minimum atomic E-state index is -2.27. The molecule has 2 atom stereocenters. The lowest BCUT2D eigenvalue weighted by atomic mass is 10.2. The van der Waals surface area contributed by atoms with Crippen LogP contribution in [0.25, 0.3) is 0 Å². The molecule has 1 fully saturated rings. The molecule has 0 aromatic heterocycles. The monoisotopic (exact) mass is 179 g/mol. The van der Waals surface area contributed by atoms with Crippen LogP contribution in [0.4, 0.5) is 8.78 Å². The van der Waals surface area contributed by atoms with Crippen LogP contribution in [0.1, 0.15) is 19.8 Å². The third kappa shape index (κ3) is 2.38. The minimum absolute atomic E-state index is 0.370. The third-order valence-corrected chi connectivity index (χ3v) is 2.20. The summed E-state index contributed by atoms with van der Waals surface area (Å²) in [5.41, 5.74) is 0. The fourth-order valence-corrected chi connectivity index (χ4v) is 1.70. The topological polar surface area (TPSA) is 23.5 Å². The van der Waals surface area contributed by atoms with Crippen LogP contribution >= 0.6 is 0 Å². The molecule has 2 nitrogen and oxygen atoms in total. The molecule has 72 valence electrons. The van der Waals surface area contributed by atoms with E-state index in [2.05, 4.69) is 0 Å². The Bertz CT molecular complexity index is 141. The zero-order valence-corrected chi connectivity index (χ0v) is 7.21. The number of aliphatic hydroxyl groups excluding tert-OH is 1. The van der Waals surface area contributed by atoms with E-state index in [1.165, 1.54) is 0 Å². The van der Waals surface area contributed by atoms with E-state index in [0.29, 0.717) is 19.5 Å². The summed E-state index contributed by atoms with van der Waals surface area (Å²) >= 11 is 0. The molecule has 12 heavy (non-hydrogen) atoms. The Balaban J connectivity index is 2.41. The quantitative estimate of drug-likeness (QED) is 0.701. The summed E-state index contributed by atoms with van der Waals surface area (Å²) in [5, 5.41) is 9.03. The highest BCUT2D eigenvalue weighted by Gasteiger charge is 2.31. The SMILES string of the molecule is CC(O)CN1CCC[C@@H]1C(F)F. The zero-order chi connectivity index (χ0) is 9.14. The first-order valence-corrected chi connectivity index (χ1v) is 4.31. The Hall–Kier alpha value is -0.220. The second-order valence-electron chi connectivity index (χ2n) is 3.39. The highest BCUT2D eigenvalue weighted by atomic mass is 19.3. The normalized spacial score (nSPS) is 28.2. The van der Waals surface area contributed by atoms with Gasteiger partial charge in [-0.15, -0.1) is 0 Å². The number of hydrogen-bond acceptors (Lipinski definition) is 2. The van der Waals surface area contributed by atoms with E-state index in [0.717, 1.165) is 6.42 Å². The first-order chi connectivity index (χ1) is 5.61. The minimum Gasteiger partial charge on any atom is -0.392 e. The Morgan fingerprint density at radius 2 is 2.25 bits per heavy atom. The first kappa shape index (κ1) is 9.86. The molecule has 0 aliphatic carbocycles. The van der Waals surface area contributed by atoms with E-state index >= 15 is 0 Å². The number of halogens is 2. The van der Waals surface area contributed by atoms with Gasteiger partial charge in [0, 0.05) is 6.54 Å². The van der Waals surface area contributed by atoms with Crippen molar-refractivity contribution in [3.05, 3.63) is 0 Å². The van der Waals surface area contributed by atoms with Gasteiger partial charge in [-0.05, 0) is 26.3 Å². The van der Waals surface area contributed by atoms with Crippen molar-refractivity contribution < 1.29 is 13.9 Å². The summed E-state index contributed by atoms with van der Waals surface area (Å²) in [6.07, 6.45) is -1.40. The predicted octanol–water partition coefficient (Wildman–Crippen LogP) is 1.10. The summed E-state index contributed by atoms with van der Waals surface area (Å²) in [4.78, 5) is 1.68. The average Bonchev–Trinajstić information content (AvgIpc) is 2.33. The summed E-state index contributed by atoms with van der Waals surface area (Å²) in [5.74, 6) is 0. The average molecular weight is 179 g/mol. The molecule has 1 N–H and O–H groups in total. The highest BCUT2D eigenvalue weighted by Crippen LogP contribution is 2.22. The Kier molecular flexibility index (Phi) is 3.40. The molecule has 1 aliphatic rings. The van der Waals surface area contributed by atoms with Crippen molar-refractivity contribution in [2.24, 2.45) is 0 Å². The van der Waals surface area contributed by atoms with Crippen molar-refractivity contribution >= 4 is 0 Å². The van der Waals surface area contributed by atoms with Crippen LogP contribution in [0.3, 0.4) is 0 Å². The van der Waals surface area contributed by atoms with E-state index in [1.54, 1.807) is 11.8 Å². The van der Waals surface area contributed by atoms with Gasteiger partial charge in [-0.1, -0.05) is 0 Å².